The molecule has 0 aliphatic carbocycles. The fraction of sp³-hybridized carbons (Fsp3) is 0.300. The number of anilines is 3. The van der Waals surface area contributed by atoms with E-state index in [4.69, 9.17) is 23.1 Å². The van der Waals surface area contributed by atoms with Crippen molar-refractivity contribution in [2.75, 3.05) is 23.3 Å². The highest BCUT2D eigenvalue weighted by atomic mass is 35.5. The first-order valence-electron chi connectivity index (χ1n) is 5.05. The summed E-state index contributed by atoms with van der Waals surface area (Å²) in [7, 11) is 0. The molecule has 1 aliphatic heterocycles. The molecule has 0 spiro atoms. The Morgan fingerprint density at radius 1 is 1.47 bits per heavy atom. The number of rotatable bonds is 2. The molecule has 1 heterocycles. The first kappa shape index (κ1) is 11.8. The third-order valence-corrected chi connectivity index (χ3v) is 2.98. The van der Waals surface area contributed by atoms with Crippen molar-refractivity contribution in [3.8, 4) is 0 Å². The van der Waals surface area contributed by atoms with E-state index in [1.54, 1.807) is 0 Å². The van der Waals surface area contributed by atoms with Gasteiger partial charge in [-0.05, 0) is 6.07 Å². The molecule has 92 valence electrons. The number of nitrogens with one attached hydrogen (secondary N) is 2. The zero-order chi connectivity index (χ0) is 12.6. The molecule has 0 radical (unpaired) electrons. The zero-order valence-corrected chi connectivity index (χ0v) is 9.64. The van der Waals surface area contributed by atoms with Gasteiger partial charge in [0.15, 0.2) is 5.82 Å². The number of nitrogen functional groups attached to an aromatic ring is 2. The van der Waals surface area contributed by atoms with E-state index in [0.29, 0.717) is 6.54 Å². The maximum atomic E-state index is 13.8. The predicted octanol–water partition coefficient (Wildman–Crippen LogP) is 0.944. The van der Waals surface area contributed by atoms with Crippen molar-refractivity contribution < 1.29 is 9.18 Å². The minimum atomic E-state index is -0.691. The van der Waals surface area contributed by atoms with E-state index >= 15 is 0 Å². The minimum Gasteiger partial charge on any atom is -0.397 e. The van der Waals surface area contributed by atoms with E-state index in [9.17, 15) is 9.18 Å². The average Bonchev–Trinajstić information content (AvgIpc) is 2.67. The van der Waals surface area contributed by atoms with Crippen LogP contribution in [0, 0.1) is 5.82 Å². The lowest BCUT2D eigenvalue weighted by Gasteiger charge is -2.16. The van der Waals surface area contributed by atoms with Gasteiger partial charge in [0, 0.05) is 13.0 Å². The van der Waals surface area contributed by atoms with Crippen LogP contribution in [-0.2, 0) is 4.79 Å². The van der Waals surface area contributed by atoms with Crippen LogP contribution in [0.2, 0.25) is 5.02 Å². The molecule has 1 fully saturated rings. The summed E-state index contributed by atoms with van der Waals surface area (Å²) in [5, 5.41) is 5.32. The smallest absolute Gasteiger partial charge is 0.222 e. The van der Waals surface area contributed by atoms with Crippen LogP contribution < -0.4 is 22.1 Å². The Morgan fingerprint density at radius 2 is 2.18 bits per heavy atom. The number of hydrogen-bond acceptors (Lipinski definition) is 4. The maximum absolute atomic E-state index is 13.8. The highest BCUT2D eigenvalue weighted by molar-refractivity contribution is 6.33. The summed E-state index contributed by atoms with van der Waals surface area (Å²) in [4.78, 5) is 11.0. The topological polar surface area (TPSA) is 93.2 Å². The van der Waals surface area contributed by atoms with Gasteiger partial charge in [0.1, 0.15) is 5.02 Å². The Bertz CT molecular complexity index is 480. The van der Waals surface area contributed by atoms with Gasteiger partial charge in [-0.15, -0.1) is 0 Å². The van der Waals surface area contributed by atoms with Gasteiger partial charge < -0.3 is 22.1 Å². The van der Waals surface area contributed by atoms with Gasteiger partial charge in [-0.1, -0.05) is 11.6 Å². The number of carbonyl (C=O) groups is 1. The lowest BCUT2D eigenvalue weighted by Crippen LogP contribution is -2.23. The van der Waals surface area contributed by atoms with E-state index in [2.05, 4.69) is 10.6 Å². The summed E-state index contributed by atoms with van der Waals surface area (Å²) in [6.45, 7) is 0.430. The molecule has 17 heavy (non-hydrogen) atoms. The first-order valence-corrected chi connectivity index (χ1v) is 5.43. The van der Waals surface area contributed by atoms with Gasteiger partial charge in [-0.25, -0.2) is 4.39 Å². The minimum absolute atomic E-state index is 0.0805. The molecular formula is C10H12ClFN4O. The van der Waals surface area contributed by atoms with Crippen molar-refractivity contribution in [3.63, 3.8) is 0 Å². The van der Waals surface area contributed by atoms with Crippen molar-refractivity contribution in [1.29, 1.82) is 0 Å². The van der Waals surface area contributed by atoms with Gasteiger partial charge >= 0.3 is 0 Å². The number of amides is 1. The number of halogens is 2. The molecule has 2 rings (SSSR count). The second-order valence-corrected chi connectivity index (χ2v) is 4.29. The molecule has 1 aromatic rings. The SMILES string of the molecule is Nc1cc(N)c(NC2CNC(=O)C2)c(F)c1Cl. The Hall–Kier alpha value is -1.69. The third-order valence-electron chi connectivity index (χ3n) is 2.59. The second-order valence-electron chi connectivity index (χ2n) is 3.91. The van der Waals surface area contributed by atoms with Crippen molar-refractivity contribution in [1.82, 2.24) is 5.32 Å². The van der Waals surface area contributed by atoms with E-state index < -0.39 is 5.82 Å². The lowest BCUT2D eigenvalue weighted by atomic mass is 10.2. The molecule has 0 saturated carbocycles. The van der Waals surface area contributed by atoms with Crippen LogP contribution in [0.5, 0.6) is 0 Å². The van der Waals surface area contributed by atoms with Gasteiger partial charge in [-0.3, -0.25) is 4.79 Å². The summed E-state index contributed by atoms with van der Waals surface area (Å²) in [6, 6.07) is 1.19. The number of carbonyl (C=O) groups excluding carboxylic acids is 1. The Morgan fingerprint density at radius 3 is 2.76 bits per heavy atom. The van der Waals surface area contributed by atoms with Crippen LogP contribution in [0.3, 0.4) is 0 Å². The Balaban J connectivity index is 2.27. The average molecular weight is 259 g/mol. The molecule has 1 atom stereocenters. The van der Waals surface area contributed by atoms with Crippen LogP contribution in [0.4, 0.5) is 21.5 Å². The lowest BCUT2D eigenvalue weighted by molar-refractivity contribution is -0.119. The van der Waals surface area contributed by atoms with Crippen molar-refractivity contribution >= 4 is 34.6 Å². The van der Waals surface area contributed by atoms with Crippen molar-refractivity contribution in [3.05, 3.63) is 16.9 Å². The molecule has 0 bridgehead atoms. The monoisotopic (exact) mass is 258 g/mol. The van der Waals surface area contributed by atoms with Gasteiger partial charge in [0.2, 0.25) is 5.91 Å². The molecule has 7 heteroatoms. The highest BCUT2D eigenvalue weighted by Gasteiger charge is 2.24. The van der Waals surface area contributed by atoms with E-state index in [1.807, 2.05) is 0 Å². The predicted molar refractivity (Wildman–Crippen MR) is 65.3 cm³/mol. The summed E-state index contributed by atoms with van der Waals surface area (Å²) in [5.74, 6) is -0.772. The molecule has 1 aliphatic rings. The van der Waals surface area contributed by atoms with Gasteiger partial charge in [0.25, 0.3) is 0 Å². The fourth-order valence-electron chi connectivity index (χ4n) is 1.72. The molecule has 1 unspecified atom stereocenters. The molecular weight excluding hydrogens is 247 g/mol. The molecule has 6 N–H and O–H groups in total. The number of nitrogens with two attached hydrogens (primary N) is 2. The summed E-state index contributed by atoms with van der Waals surface area (Å²) in [5.41, 5.74) is 11.5. The fourth-order valence-corrected chi connectivity index (χ4v) is 1.87. The van der Waals surface area contributed by atoms with E-state index in [0.717, 1.165) is 0 Å². The summed E-state index contributed by atoms with van der Waals surface area (Å²) >= 11 is 5.69. The van der Waals surface area contributed by atoms with Crippen molar-refractivity contribution in [2.24, 2.45) is 0 Å². The number of benzene rings is 1. The standard InChI is InChI=1S/C10H12ClFN4O/c11-8-5(13)2-6(14)10(9(8)12)16-4-1-7(17)15-3-4/h2,4,16H,1,3,13-14H2,(H,15,17). The highest BCUT2D eigenvalue weighted by Crippen LogP contribution is 2.34. The van der Waals surface area contributed by atoms with Gasteiger partial charge in [0.05, 0.1) is 23.1 Å². The summed E-state index contributed by atoms with van der Waals surface area (Å²) < 4.78 is 13.8. The van der Waals surface area contributed by atoms with Crippen LogP contribution in [-0.4, -0.2) is 18.5 Å². The normalized spacial score (nSPS) is 19.2. The number of hydrogen-bond donors (Lipinski definition) is 4. The summed E-state index contributed by atoms with van der Waals surface area (Å²) in [6.07, 6.45) is 0.279. The largest absolute Gasteiger partial charge is 0.397 e. The van der Waals surface area contributed by atoms with Crippen LogP contribution in [0.15, 0.2) is 6.07 Å². The molecule has 1 aromatic carbocycles. The van der Waals surface area contributed by atoms with E-state index in [1.165, 1.54) is 6.07 Å². The van der Waals surface area contributed by atoms with Crippen LogP contribution in [0.25, 0.3) is 0 Å². The van der Waals surface area contributed by atoms with Crippen molar-refractivity contribution in [2.45, 2.75) is 12.5 Å². The zero-order valence-electron chi connectivity index (χ0n) is 8.89. The van der Waals surface area contributed by atoms with Crippen LogP contribution in [0.1, 0.15) is 6.42 Å². The Labute approximate surface area is 102 Å². The Kier molecular flexibility index (Phi) is 2.97. The van der Waals surface area contributed by atoms with E-state index in [-0.39, 0.29) is 40.5 Å². The quantitative estimate of drug-likeness (QED) is 0.594. The maximum Gasteiger partial charge on any atom is 0.222 e. The molecule has 5 nitrogen and oxygen atoms in total. The third kappa shape index (κ3) is 2.21. The first-order chi connectivity index (χ1) is 7.99. The molecule has 1 saturated heterocycles. The molecule has 1 amide bonds. The molecule has 0 aromatic heterocycles. The van der Waals surface area contributed by atoms with Gasteiger partial charge in [-0.2, -0.15) is 0 Å². The second kappa shape index (κ2) is 4.29. The van der Waals surface area contributed by atoms with Crippen LogP contribution >= 0.6 is 11.6 Å².